The molecule has 0 fully saturated rings. The van der Waals surface area contributed by atoms with Gasteiger partial charge in [-0.15, -0.1) is 0 Å². The zero-order valence-corrected chi connectivity index (χ0v) is 8.94. The first-order valence-corrected chi connectivity index (χ1v) is 6.38. The van der Waals surface area contributed by atoms with E-state index in [2.05, 4.69) is 26.8 Å². The predicted octanol–water partition coefficient (Wildman–Crippen LogP) is 2.83. The minimum atomic E-state index is 0.257. The summed E-state index contributed by atoms with van der Waals surface area (Å²) >= 11 is 0.257. The van der Waals surface area contributed by atoms with Crippen molar-refractivity contribution in [2.75, 3.05) is 0 Å². The molecule has 0 aliphatic rings. The van der Waals surface area contributed by atoms with Crippen LogP contribution in [0.3, 0.4) is 0 Å². The SMILES string of the molecule is CC=C(C)[Te]CCCC. The Bertz CT molecular complexity index is 84.6. The van der Waals surface area contributed by atoms with Gasteiger partial charge in [0.1, 0.15) is 0 Å². The summed E-state index contributed by atoms with van der Waals surface area (Å²) in [5.41, 5.74) is 0. The fourth-order valence-corrected chi connectivity index (χ4v) is 3.09. The molecule has 0 aromatic carbocycles. The van der Waals surface area contributed by atoms with Gasteiger partial charge in [-0.3, -0.25) is 0 Å². The molecule has 0 atom stereocenters. The maximum atomic E-state index is 2.26. The number of rotatable bonds is 4. The van der Waals surface area contributed by atoms with Crippen molar-refractivity contribution >= 4 is 20.9 Å². The number of hydrogen-bond acceptors (Lipinski definition) is 0. The molecule has 0 N–H and O–H groups in total. The van der Waals surface area contributed by atoms with Crippen molar-refractivity contribution < 1.29 is 0 Å². The van der Waals surface area contributed by atoms with Crippen LogP contribution in [0.15, 0.2) is 9.70 Å². The van der Waals surface area contributed by atoms with E-state index in [0.29, 0.717) is 0 Å². The zero-order chi connectivity index (χ0) is 7.11. The third-order valence-electron chi connectivity index (χ3n) is 1.23. The monoisotopic (exact) mass is 242 g/mol. The maximum absolute atomic E-state index is 2.26. The van der Waals surface area contributed by atoms with Crippen molar-refractivity contribution in [3.63, 3.8) is 0 Å². The molecular formula is C8H16Te. The van der Waals surface area contributed by atoms with Crippen LogP contribution in [0.25, 0.3) is 0 Å². The molecule has 54 valence electrons. The number of hydrogen-bond donors (Lipinski definition) is 0. The number of allylic oxidation sites excluding steroid dienone is 2. The van der Waals surface area contributed by atoms with Crippen molar-refractivity contribution in [3.8, 4) is 0 Å². The molecule has 1 heteroatoms. The molecule has 0 saturated carbocycles. The summed E-state index contributed by atoms with van der Waals surface area (Å²) in [5, 5.41) is 0. The Morgan fingerprint density at radius 2 is 2.22 bits per heavy atom. The van der Waals surface area contributed by atoms with Crippen LogP contribution in [-0.2, 0) is 0 Å². The molecule has 0 rings (SSSR count). The molecular weight excluding hydrogens is 224 g/mol. The van der Waals surface area contributed by atoms with Crippen molar-refractivity contribution in [1.82, 2.24) is 0 Å². The predicted molar refractivity (Wildman–Crippen MR) is 44.9 cm³/mol. The van der Waals surface area contributed by atoms with E-state index in [0.717, 1.165) is 0 Å². The first-order chi connectivity index (χ1) is 4.31. The molecule has 0 amide bonds. The quantitative estimate of drug-likeness (QED) is 0.523. The molecule has 0 aliphatic carbocycles. The Kier molecular flexibility index (Phi) is 7.04. The van der Waals surface area contributed by atoms with Gasteiger partial charge in [-0.05, 0) is 0 Å². The van der Waals surface area contributed by atoms with E-state index in [4.69, 9.17) is 0 Å². The fraction of sp³-hybridized carbons (Fsp3) is 0.750. The molecule has 0 unspecified atom stereocenters. The van der Waals surface area contributed by atoms with E-state index >= 15 is 0 Å². The summed E-state index contributed by atoms with van der Waals surface area (Å²) in [6.07, 6.45) is 5.06. The van der Waals surface area contributed by atoms with Gasteiger partial charge in [0, 0.05) is 0 Å². The van der Waals surface area contributed by atoms with E-state index in [1.165, 1.54) is 17.3 Å². The van der Waals surface area contributed by atoms with E-state index in [-0.39, 0.29) is 20.9 Å². The summed E-state index contributed by atoms with van der Waals surface area (Å²) in [6, 6.07) is 0. The van der Waals surface area contributed by atoms with Gasteiger partial charge in [0.15, 0.2) is 0 Å². The molecule has 0 aromatic rings. The van der Waals surface area contributed by atoms with Crippen LogP contribution in [0.1, 0.15) is 33.6 Å². The minimum absolute atomic E-state index is 0.257. The second-order valence-electron chi connectivity index (χ2n) is 2.10. The second kappa shape index (κ2) is 6.65. The normalized spacial score (nSPS) is 12.1. The summed E-state index contributed by atoms with van der Waals surface area (Å²) in [4.78, 5) is 0. The molecule has 0 radical (unpaired) electrons. The summed E-state index contributed by atoms with van der Waals surface area (Å²) in [6.45, 7) is 6.67. The summed E-state index contributed by atoms with van der Waals surface area (Å²) in [5.74, 6) is 0. The van der Waals surface area contributed by atoms with Crippen LogP contribution in [0, 0.1) is 0 Å². The van der Waals surface area contributed by atoms with Gasteiger partial charge in [-0.1, -0.05) is 0 Å². The average Bonchev–Trinajstić information content (AvgIpc) is 1.89. The first-order valence-electron chi connectivity index (χ1n) is 3.57. The molecule has 0 heterocycles. The van der Waals surface area contributed by atoms with Crippen LogP contribution in [-0.4, -0.2) is 20.9 Å². The van der Waals surface area contributed by atoms with E-state index < -0.39 is 0 Å². The third kappa shape index (κ3) is 6.41. The molecule has 0 bridgehead atoms. The Hall–Kier alpha value is 0.530. The Balaban J connectivity index is 3.07. The summed E-state index contributed by atoms with van der Waals surface area (Å²) in [7, 11) is 0. The first kappa shape index (κ1) is 9.53. The Labute approximate surface area is 68.8 Å². The molecule has 9 heavy (non-hydrogen) atoms. The topological polar surface area (TPSA) is 0 Å². The van der Waals surface area contributed by atoms with Gasteiger partial charge in [0.2, 0.25) is 0 Å². The van der Waals surface area contributed by atoms with E-state index in [1.807, 2.05) is 0 Å². The van der Waals surface area contributed by atoms with E-state index in [1.54, 1.807) is 3.62 Å². The molecule has 0 saturated heterocycles. The van der Waals surface area contributed by atoms with Gasteiger partial charge in [0.25, 0.3) is 0 Å². The fourth-order valence-electron chi connectivity index (χ4n) is 0.461. The van der Waals surface area contributed by atoms with E-state index in [9.17, 15) is 0 Å². The Morgan fingerprint density at radius 3 is 2.67 bits per heavy atom. The molecule has 0 spiro atoms. The van der Waals surface area contributed by atoms with Crippen molar-refractivity contribution in [1.29, 1.82) is 0 Å². The third-order valence-corrected chi connectivity index (χ3v) is 4.61. The van der Waals surface area contributed by atoms with Crippen molar-refractivity contribution in [2.45, 2.75) is 38.1 Å². The van der Waals surface area contributed by atoms with Gasteiger partial charge < -0.3 is 0 Å². The van der Waals surface area contributed by atoms with Crippen LogP contribution in [0.5, 0.6) is 0 Å². The van der Waals surface area contributed by atoms with Crippen LogP contribution < -0.4 is 0 Å². The second-order valence-corrected chi connectivity index (χ2v) is 5.93. The van der Waals surface area contributed by atoms with Crippen molar-refractivity contribution in [2.24, 2.45) is 0 Å². The standard InChI is InChI=1S/C8H16Te/c1-4-6-7-9-8(3)5-2/h5H,4,6-7H2,1-3H3. The average molecular weight is 240 g/mol. The molecule has 0 aliphatic heterocycles. The number of unbranched alkanes of at least 4 members (excludes halogenated alkanes) is 1. The van der Waals surface area contributed by atoms with Crippen molar-refractivity contribution in [3.05, 3.63) is 9.70 Å². The van der Waals surface area contributed by atoms with Gasteiger partial charge in [-0.2, -0.15) is 0 Å². The van der Waals surface area contributed by atoms with Crippen LogP contribution in [0.2, 0.25) is 4.47 Å². The van der Waals surface area contributed by atoms with Crippen LogP contribution >= 0.6 is 0 Å². The molecule has 0 aromatic heterocycles. The van der Waals surface area contributed by atoms with Gasteiger partial charge >= 0.3 is 68.7 Å². The van der Waals surface area contributed by atoms with Crippen LogP contribution in [0.4, 0.5) is 0 Å². The molecule has 0 nitrogen and oxygen atoms in total. The summed E-state index contributed by atoms with van der Waals surface area (Å²) < 4.78 is 3.16. The zero-order valence-electron chi connectivity index (χ0n) is 6.61. The van der Waals surface area contributed by atoms with Gasteiger partial charge in [-0.25, -0.2) is 0 Å². The Morgan fingerprint density at radius 1 is 1.56 bits per heavy atom. The van der Waals surface area contributed by atoms with Gasteiger partial charge in [0.05, 0.1) is 0 Å².